The Morgan fingerprint density at radius 1 is 1.36 bits per heavy atom. The molecular weight excluding hydrogens is 178 g/mol. The van der Waals surface area contributed by atoms with Crippen molar-refractivity contribution >= 4 is 11.7 Å². The Kier molecular flexibility index (Phi) is 3.92. The third-order valence-electron chi connectivity index (χ3n) is 2.95. The Morgan fingerprint density at radius 3 is 2.43 bits per heavy atom. The first-order chi connectivity index (χ1) is 6.59. The number of hydrazone groups is 1. The molecule has 0 atom stereocenters. The Balaban J connectivity index is 2.40. The zero-order valence-corrected chi connectivity index (χ0v) is 8.92. The maximum atomic E-state index is 10.4. The monoisotopic (exact) mass is 197 g/mol. The van der Waals surface area contributed by atoms with E-state index in [4.69, 9.17) is 5.73 Å². The van der Waals surface area contributed by atoms with Gasteiger partial charge < -0.3 is 5.73 Å². The summed E-state index contributed by atoms with van der Waals surface area (Å²) in [7, 11) is 0. The van der Waals surface area contributed by atoms with Crippen molar-refractivity contribution in [1.29, 1.82) is 0 Å². The molecule has 2 amide bonds. The average Bonchev–Trinajstić information content (AvgIpc) is 2.15. The molecule has 1 saturated carbocycles. The molecule has 0 aromatic heterocycles. The van der Waals surface area contributed by atoms with E-state index in [0.29, 0.717) is 5.92 Å². The number of carbonyl (C=O) groups is 1. The van der Waals surface area contributed by atoms with Crippen LogP contribution in [0.2, 0.25) is 0 Å². The number of nitrogens with two attached hydrogens (primary N) is 1. The second-order valence-electron chi connectivity index (χ2n) is 4.19. The predicted octanol–water partition coefficient (Wildman–Crippen LogP) is 1.86. The van der Waals surface area contributed by atoms with E-state index in [0.717, 1.165) is 11.6 Å². The largest absolute Gasteiger partial charge is 0.350 e. The highest BCUT2D eigenvalue weighted by atomic mass is 16.2. The van der Waals surface area contributed by atoms with Crippen LogP contribution >= 0.6 is 0 Å². The molecule has 3 N–H and O–H groups in total. The third kappa shape index (κ3) is 3.36. The smallest absolute Gasteiger partial charge is 0.332 e. The van der Waals surface area contributed by atoms with Crippen LogP contribution in [0.5, 0.6) is 0 Å². The maximum absolute atomic E-state index is 10.4. The summed E-state index contributed by atoms with van der Waals surface area (Å²) >= 11 is 0. The van der Waals surface area contributed by atoms with E-state index >= 15 is 0 Å². The SMILES string of the molecule is C/C(=N/NC(N)=O)C1CCC(C)CC1. The minimum Gasteiger partial charge on any atom is -0.350 e. The number of hydrogen-bond acceptors (Lipinski definition) is 2. The molecule has 0 aromatic carbocycles. The molecule has 0 bridgehead atoms. The fourth-order valence-corrected chi connectivity index (χ4v) is 1.91. The number of hydrogen-bond donors (Lipinski definition) is 2. The molecule has 0 aromatic rings. The number of carbonyl (C=O) groups excluding carboxylic acids is 1. The highest BCUT2D eigenvalue weighted by molar-refractivity contribution is 5.85. The van der Waals surface area contributed by atoms with Gasteiger partial charge in [-0.15, -0.1) is 0 Å². The first-order valence-electron chi connectivity index (χ1n) is 5.19. The topological polar surface area (TPSA) is 67.5 Å². The zero-order valence-electron chi connectivity index (χ0n) is 8.92. The molecule has 14 heavy (non-hydrogen) atoms. The third-order valence-corrected chi connectivity index (χ3v) is 2.95. The Morgan fingerprint density at radius 2 is 1.93 bits per heavy atom. The Hall–Kier alpha value is -1.06. The molecular formula is C10H19N3O. The van der Waals surface area contributed by atoms with E-state index in [1.807, 2.05) is 6.92 Å². The quantitative estimate of drug-likeness (QED) is 0.515. The number of nitrogens with zero attached hydrogens (tertiary/aromatic N) is 1. The highest BCUT2D eigenvalue weighted by Gasteiger charge is 2.20. The summed E-state index contributed by atoms with van der Waals surface area (Å²) in [6, 6.07) is -0.589. The fourth-order valence-electron chi connectivity index (χ4n) is 1.91. The lowest BCUT2D eigenvalue weighted by atomic mass is 9.81. The minimum atomic E-state index is -0.589. The van der Waals surface area contributed by atoms with Gasteiger partial charge in [-0.1, -0.05) is 19.8 Å². The van der Waals surface area contributed by atoms with Crippen LogP contribution in [0.15, 0.2) is 5.10 Å². The molecule has 4 nitrogen and oxygen atoms in total. The molecule has 1 fully saturated rings. The van der Waals surface area contributed by atoms with E-state index in [1.165, 1.54) is 25.7 Å². The fraction of sp³-hybridized carbons (Fsp3) is 0.800. The lowest BCUT2D eigenvalue weighted by Gasteiger charge is -2.25. The van der Waals surface area contributed by atoms with Crippen molar-refractivity contribution in [1.82, 2.24) is 5.43 Å². The summed E-state index contributed by atoms with van der Waals surface area (Å²) in [5, 5.41) is 3.96. The van der Waals surface area contributed by atoms with Crippen molar-refractivity contribution in [2.24, 2.45) is 22.7 Å². The number of rotatable bonds is 2. The Labute approximate surface area is 84.9 Å². The molecule has 0 spiro atoms. The van der Waals surface area contributed by atoms with Crippen LogP contribution < -0.4 is 11.2 Å². The van der Waals surface area contributed by atoms with Gasteiger partial charge in [0, 0.05) is 5.71 Å². The molecule has 0 heterocycles. The standard InChI is InChI=1S/C10H19N3O/c1-7-3-5-9(6-4-7)8(2)12-13-10(11)14/h7,9H,3-6H2,1-2H3,(H3,11,13,14)/b12-8-. The van der Waals surface area contributed by atoms with Crippen LogP contribution in [0, 0.1) is 11.8 Å². The normalized spacial score (nSPS) is 28.6. The lowest BCUT2D eigenvalue weighted by molar-refractivity contribution is 0.249. The summed E-state index contributed by atoms with van der Waals surface area (Å²) in [5.74, 6) is 1.36. The van der Waals surface area contributed by atoms with Gasteiger partial charge in [0.15, 0.2) is 0 Å². The van der Waals surface area contributed by atoms with E-state index in [9.17, 15) is 4.79 Å². The van der Waals surface area contributed by atoms with E-state index < -0.39 is 6.03 Å². The van der Waals surface area contributed by atoms with Crippen LogP contribution in [0.1, 0.15) is 39.5 Å². The highest BCUT2D eigenvalue weighted by Crippen LogP contribution is 2.28. The van der Waals surface area contributed by atoms with Gasteiger partial charge in [0.05, 0.1) is 0 Å². The van der Waals surface area contributed by atoms with Crippen molar-refractivity contribution in [3.63, 3.8) is 0 Å². The summed E-state index contributed by atoms with van der Waals surface area (Å²) < 4.78 is 0. The number of amides is 2. The predicted molar refractivity (Wildman–Crippen MR) is 57.0 cm³/mol. The maximum Gasteiger partial charge on any atom is 0.332 e. The second kappa shape index (κ2) is 4.98. The van der Waals surface area contributed by atoms with Crippen LogP contribution in [0.4, 0.5) is 4.79 Å². The van der Waals surface area contributed by atoms with Gasteiger partial charge in [0.25, 0.3) is 0 Å². The van der Waals surface area contributed by atoms with Gasteiger partial charge in [-0.25, -0.2) is 10.2 Å². The molecule has 0 radical (unpaired) electrons. The summed E-state index contributed by atoms with van der Waals surface area (Å²) in [4.78, 5) is 10.4. The molecule has 4 heteroatoms. The summed E-state index contributed by atoms with van der Waals surface area (Å²) in [5.41, 5.74) is 8.21. The van der Waals surface area contributed by atoms with Crippen LogP contribution in [0.3, 0.4) is 0 Å². The molecule has 0 aliphatic heterocycles. The summed E-state index contributed by atoms with van der Waals surface area (Å²) in [6.45, 7) is 4.24. The molecule has 0 unspecified atom stereocenters. The molecule has 1 aliphatic rings. The van der Waals surface area contributed by atoms with Gasteiger partial charge in [-0.3, -0.25) is 0 Å². The lowest BCUT2D eigenvalue weighted by Crippen LogP contribution is -2.27. The minimum absolute atomic E-state index is 0.526. The van der Waals surface area contributed by atoms with Gasteiger partial charge in [0.1, 0.15) is 0 Å². The first kappa shape index (κ1) is 11.0. The number of urea groups is 1. The first-order valence-corrected chi connectivity index (χ1v) is 5.19. The van der Waals surface area contributed by atoms with Crippen molar-refractivity contribution < 1.29 is 4.79 Å². The van der Waals surface area contributed by atoms with E-state index in [-0.39, 0.29) is 0 Å². The van der Waals surface area contributed by atoms with Crippen LogP contribution in [-0.2, 0) is 0 Å². The molecule has 80 valence electrons. The summed E-state index contributed by atoms with van der Waals surface area (Å²) in [6.07, 6.45) is 4.87. The van der Waals surface area contributed by atoms with Gasteiger partial charge in [0.2, 0.25) is 0 Å². The van der Waals surface area contributed by atoms with E-state index in [2.05, 4.69) is 17.5 Å². The van der Waals surface area contributed by atoms with Crippen LogP contribution in [0.25, 0.3) is 0 Å². The molecule has 1 rings (SSSR count). The van der Waals surface area contributed by atoms with Gasteiger partial charge in [-0.2, -0.15) is 5.10 Å². The van der Waals surface area contributed by atoms with Crippen LogP contribution in [-0.4, -0.2) is 11.7 Å². The number of primary amides is 1. The molecule has 1 aliphatic carbocycles. The van der Waals surface area contributed by atoms with E-state index in [1.54, 1.807) is 0 Å². The van der Waals surface area contributed by atoms with Crippen molar-refractivity contribution in [2.75, 3.05) is 0 Å². The van der Waals surface area contributed by atoms with Gasteiger partial charge in [-0.05, 0) is 31.6 Å². The zero-order chi connectivity index (χ0) is 10.6. The second-order valence-corrected chi connectivity index (χ2v) is 4.19. The van der Waals surface area contributed by atoms with Gasteiger partial charge >= 0.3 is 6.03 Å². The van der Waals surface area contributed by atoms with Crippen molar-refractivity contribution in [3.8, 4) is 0 Å². The Bertz CT molecular complexity index is 230. The van der Waals surface area contributed by atoms with Crippen molar-refractivity contribution in [3.05, 3.63) is 0 Å². The number of nitrogens with one attached hydrogen (secondary N) is 1. The molecule has 0 saturated heterocycles. The van der Waals surface area contributed by atoms with Crippen molar-refractivity contribution in [2.45, 2.75) is 39.5 Å². The average molecular weight is 197 g/mol.